The minimum Gasteiger partial charge on any atom is -0.435 e. The van der Waals surface area contributed by atoms with Crippen LogP contribution in [0.3, 0.4) is 0 Å². The normalized spacial score (nSPS) is 26.6. The maximum Gasteiger partial charge on any atom is 0.387 e. The summed E-state index contributed by atoms with van der Waals surface area (Å²) in [6, 6.07) is 5.91. The van der Waals surface area contributed by atoms with Crippen molar-refractivity contribution in [3.63, 3.8) is 0 Å². The standard InChI is InChI=1S/C18H23F2NO3/c19-18(20)24-15-3-1-2-13(8-15)16(22)10-21-17(23)9-14-7-11-4-5-12(14)6-11/h1-3,8,11-12,14,16,18,22H,4-7,9-10H2,(H,21,23). The molecular weight excluding hydrogens is 316 g/mol. The van der Waals surface area contributed by atoms with E-state index in [9.17, 15) is 18.7 Å². The van der Waals surface area contributed by atoms with Crippen LogP contribution >= 0.6 is 0 Å². The highest BCUT2D eigenvalue weighted by atomic mass is 19.3. The highest BCUT2D eigenvalue weighted by Gasteiger charge is 2.40. The monoisotopic (exact) mass is 339 g/mol. The SMILES string of the molecule is O=C(CC1CC2CCC1C2)NCC(O)c1cccc(OC(F)F)c1. The van der Waals surface area contributed by atoms with Crippen LogP contribution in [-0.2, 0) is 4.79 Å². The molecular formula is C18H23F2NO3. The largest absolute Gasteiger partial charge is 0.435 e. The number of rotatable bonds is 7. The molecule has 4 nitrogen and oxygen atoms in total. The Hall–Kier alpha value is -1.69. The quantitative estimate of drug-likeness (QED) is 0.802. The number of aliphatic hydroxyl groups is 1. The van der Waals surface area contributed by atoms with E-state index >= 15 is 0 Å². The lowest BCUT2D eigenvalue weighted by Crippen LogP contribution is -2.30. The summed E-state index contributed by atoms with van der Waals surface area (Å²) in [4.78, 5) is 12.1. The summed E-state index contributed by atoms with van der Waals surface area (Å²) in [5, 5.41) is 12.9. The third-order valence-corrected chi connectivity index (χ3v) is 5.29. The Kier molecular flexibility index (Phi) is 5.33. The van der Waals surface area contributed by atoms with Crippen LogP contribution in [0.25, 0.3) is 0 Å². The molecule has 2 saturated carbocycles. The van der Waals surface area contributed by atoms with Crippen LogP contribution in [0.4, 0.5) is 8.78 Å². The van der Waals surface area contributed by atoms with Gasteiger partial charge in [0.05, 0.1) is 6.10 Å². The van der Waals surface area contributed by atoms with Gasteiger partial charge in [-0.25, -0.2) is 0 Å². The number of aliphatic hydroxyl groups excluding tert-OH is 1. The zero-order valence-electron chi connectivity index (χ0n) is 13.5. The molecule has 4 atom stereocenters. The molecule has 1 aromatic rings. The molecule has 4 unspecified atom stereocenters. The van der Waals surface area contributed by atoms with Gasteiger partial charge in [-0.2, -0.15) is 8.78 Å². The van der Waals surface area contributed by atoms with Crippen molar-refractivity contribution in [3.05, 3.63) is 29.8 Å². The molecule has 24 heavy (non-hydrogen) atoms. The average molecular weight is 339 g/mol. The maximum atomic E-state index is 12.2. The number of carbonyl (C=O) groups is 1. The minimum absolute atomic E-state index is 0.00476. The molecule has 0 aliphatic heterocycles. The van der Waals surface area contributed by atoms with Crippen LogP contribution in [0, 0.1) is 17.8 Å². The van der Waals surface area contributed by atoms with E-state index in [4.69, 9.17) is 0 Å². The molecule has 2 N–H and O–H groups in total. The highest BCUT2D eigenvalue weighted by molar-refractivity contribution is 5.76. The van der Waals surface area contributed by atoms with E-state index in [0.29, 0.717) is 23.8 Å². The molecule has 0 heterocycles. The van der Waals surface area contributed by atoms with Crippen LogP contribution < -0.4 is 10.1 Å². The molecule has 2 aliphatic rings. The van der Waals surface area contributed by atoms with Gasteiger partial charge in [0.15, 0.2) is 0 Å². The number of alkyl halides is 2. The first-order valence-electron chi connectivity index (χ1n) is 8.51. The van der Waals surface area contributed by atoms with Crippen molar-refractivity contribution in [1.29, 1.82) is 0 Å². The molecule has 1 amide bonds. The predicted molar refractivity (Wildman–Crippen MR) is 84.6 cm³/mol. The molecule has 3 rings (SSSR count). The number of fused-ring (bicyclic) bond motifs is 2. The number of hydrogen-bond donors (Lipinski definition) is 2. The summed E-state index contributed by atoms with van der Waals surface area (Å²) in [5.41, 5.74) is 0.438. The van der Waals surface area contributed by atoms with Crippen molar-refractivity contribution in [2.75, 3.05) is 6.54 Å². The van der Waals surface area contributed by atoms with E-state index in [2.05, 4.69) is 10.1 Å². The van der Waals surface area contributed by atoms with Crippen LogP contribution in [-0.4, -0.2) is 24.2 Å². The van der Waals surface area contributed by atoms with Gasteiger partial charge in [-0.3, -0.25) is 4.79 Å². The molecule has 2 fully saturated rings. The first-order chi connectivity index (χ1) is 11.5. The van der Waals surface area contributed by atoms with Gasteiger partial charge in [0, 0.05) is 13.0 Å². The fraction of sp³-hybridized carbons (Fsp3) is 0.611. The first kappa shape index (κ1) is 17.1. The Morgan fingerprint density at radius 2 is 2.17 bits per heavy atom. The van der Waals surface area contributed by atoms with Crippen LogP contribution in [0.15, 0.2) is 24.3 Å². The maximum absolute atomic E-state index is 12.2. The van der Waals surface area contributed by atoms with Crippen LogP contribution in [0.5, 0.6) is 5.75 Å². The number of nitrogens with one attached hydrogen (secondary N) is 1. The van der Waals surface area contributed by atoms with Crippen molar-refractivity contribution in [1.82, 2.24) is 5.32 Å². The summed E-state index contributed by atoms with van der Waals surface area (Å²) >= 11 is 0. The van der Waals surface area contributed by atoms with Crippen molar-refractivity contribution < 1.29 is 23.4 Å². The van der Waals surface area contributed by atoms with Gasteiger partial charge in [0.2, 0.25) is 5.91 Å². The second-order valence-electron chi connectivity index (χ2n) is 6.91. The summed E-state index contributed by atoms with van der Waals surface area (Å²) in [5.74, 6) is 1.91. The molecule has 0 saturated heterocycles. The fourth-order valence-corrected chi connectivity index (χ4v) is 4.16. The molecule has 0 spiro atoms. The Balaban J connectivity index is 1.46. The number of hydrogen-bond acceptors (Lipinski definition) is 3. The lowest BCUT2D eigenvalue weighted by molar-refractivity contribution is -0.122. The van der Waals surface area contributed by atoms with Gasteiger partial charge in [0.25, 0.3) is 0 Å². The second-order valence-corrected chi connectivity index (χ2v) is 6.91. The lowest BCUT2D eigenvalue weighted by Gasteiger charge is -2.21. The zero-order chi connectivity index (χ0) is 17.1. The minimum atomic E-state index is -2.90. The predicted octanol–water partition coefficient (Wildman–Crippen LogP) is 3.26. The number of benzene rings is 1. The average Bonchev–Trinajstić information content (AvgIpc) is 3.15. The number of halogens is 2. The first-order valence-corrected chi connectivity index (χ1v) is 8.51. The van der Waals surface area contributed by atoms with Crippen molar-refractivity contribution >= 4 is 5.91 Å². The van der Waals surface area contributed by atoms with Crippen molar-refractivity contribution in [2.45, 2.75) is 44.8 Å². The van der Waals surface area contributed by atoms with E-state index in [1.165, 1.54) is 37.5 Å². The Labute approximate surface area is 140 Å². The van der Waals surface area contributed by atoms with E-state index in [-0.39, 0.29) is 18.2 Å². The molecule has 1 aromatic carbocycles. The topological polar surface area (TPSA) is 58.6 Å². The fourth-order valence-electron chi connectivity index (χ4n) is 4.16. The van der Waals surface area contributed by atoms with Crippen LogP contribution in [0.2, 0.25) is 0 Å². The van der Waals surface area contributed by atoms with Gasteiger partial charge in [-0.05, 0) is 54.7 Å². The van der Waals surface area contributed by atoms with Gasteiger partial charge in [-0.1, -0.05) is 18.6 Å². The van der Waals surface area contributed by atoms with Gasteiger partial charge < -0.3 is 15.2 Å². The van der Waals surface area contributed by atoms with Gasteiger partial charge >= 0.3 is 6.61 Å². The van der Waals surface area contributed by atoms with E-state index in [1.54, 1.807) is 6.07 Å². The van der Waals surface area contributed by atoms with Crippen molar-refractivity contribution in [3.8, 4) is 5.75 Å². The number of ether oxygens (including phenoxy) is 1. The van der Waals surface area contributed by atoms with E-state index < -0.39 is 12.7 Å². The second kappa shape index (κ2) is 7.47. The molecule has 132 valence electrons. The Morgan fingerprint density at radius 3 is 2.83 bits per heavy atom. The molecule has 0 aromatic heterocycles. The van der Waals surface area contributed by atoms with Crippen LogP contribution in [0.1, 0.15) is 43.8 Å². The molecule has 0 radical (unpaired) electrons. The molecule has 2 bridgehead atoms. The van der Waals surface area contributed by atoms with E-state index in [0.717, 1.165) is 12.3 Å². The summed E-state index contributed by atoms with van der Waals surface area (Å²) in [6.45, 7) is -2.84. The smallest absolute Gasteiger partial charge is 0.387 e. The third kappa shape index (κ3) is 4.23. The third-order valence-electron chi connectivity index (χ3n) is 5.29. The Morgan fingerprint density at radius 1 is 1.33 bits per heavy atom. The highest BCUT2D eigenvalue weighted by Crippen LogP contribution is 2.49. The van der Waals surface area contributed by atoms with E-state index in [1.807, 2.05) is 0 Å². The molecule has 6 heteroatoms. The molecule has 2 aliphatic carbocycles. The van der Waals surface area contributed by atoms with Gasteiger partial charge in [-0.15, -0.1) is 0 Å². The number of amides is 1. The van der Waals surface area contributed by atoms with Crippen molar-refractivity contribution in [2.24, 2.45) is 17.8 Å². The lowest BCUT2D eigenvalue weighted by atomic mass is 9.86. The zero-order valence-corrected chi connectivity index (χ0v) is 13.5. The number of carbonyl (C=O) groups excluding carboxylic acids is 1. The summed E-state index contributed by atoms with van der Waals surface area (Å²) in [7, 11) is 0. The summed E-state index contributed by atoms with van der Waals surface area (Å²) < 4.78 is 28.8. The Bertz CT molecular complexity index is 581. The van der Waals surface area contributed by atoms with Gasteiger partial charge in [0.1, 0.15) is 5.75 Å². The summed E-state index contributed by atoms with van der Waals surface area (Å²) in [6.07, 6.45) is 4.52.